The van der Waals surface area contributed by atoms with E-state index >= 15 is 0 Å². The van der Waals surface area contributed by atoms with Crippen LogP contribution in [-0.4, -0.2) is 18.6 Å². The molecule has 0 fully saturated rings. The fraction of sp³-hybridized carbons (Fsp3) is 0.0952. The van der Waals surface area contributed by atoms with Gasteiger partial charge in [-0.2, -0.15) is 0 Å². The topological polar surface area (TPSA) is 29.5 Å². The molecule has 2 aromatic carbocycles. The molecule has 0 N–H and O–H groups in total. The molecule has 0 spiro atoms. The summed E-state index contributed by atoms with van der Waals surface area (Å²) in [5.74, 6) is 5.62. The number of carbonyl (C=O) groups excluding carboxylic acids is 1. The van der Waals surface area contributed by atoms with Crippen molar-refractivity contribution < 1.29 is 9.53 Å². The van der Waals surface area contributed by atoms with Gasteiger partial charge in [-0.05, 0) is 29.8 Å². The Morgan fingerprint density at radius 2 is 1.92 bits per heavy atom. The minimum atomic E-state index is -0.464. The van der Waals surface area contributed by atoms with Crippen LogP contribution in [0.2, 0.25) is 0 Å². The second kappa shape index (κ2) is 7.34. The van der Waals surface area contributed by atoms with Gasteiger partial charge in [0, 0.05) is 17.5 Å². The van der Waals surface area contributed by atoms with Crippen LogP contribution in [0.4, 0.5) is 11.4 Å². The quantitative estimate of drug-likeness (QED) is 0.488. The Morgan fingerprint density at radius 3 is 2.71 bits per heavy atom. The van der Waals surface area contributed by atoms with Crippen molar-refractivity contribution in [1.29, 1.82) is 0 Å². The van der Waals surface area contributed by atoms with Gasteiger partial charge in [-0.15, -0.1) is 0 Å². The first kappa shape index (κ1) is 15.6. The highest BCUT2D eigenvalue weighted by Gasteiger charge is 2.22. The summed E-state index contributed by atoms with van der Waals surface area (Å²) in [6.45, 7) is 3.42. The molecule has 1 aliphatic heterocycles. The van der Waals surface area contributed by atoms with Crippen molar-refractivity contribution in [3.63, 3.8) is 0 Å². The van der Waals surface area contributed by atoms with Crippen LogP contribution in [-0.2, 0) is 9.53 Å². The molecule has 0 bridgehead atoms. The molecule has 1 unspecified atom stereocenters. The molecule has 0 amide bonds. The first-order valence-electron chi connectivity index (χ1n) is 7.68. The lowest BCUT2D eigenvalue weighted by Gasteiger charge is -2.33. The molecule has 1 atom stereocenters. The van der Waals surface area contributed by atoms with Crippen molar-refractivity contribution in [2.75, 3.05) is 11.5 Å². The monoisotopic (exact) mass is 315 g/mol. The fourth-order valence-corrected chi connectivity index (χ4v) is 2.59. The van der Waals surface area contributed by atoms with Gasteiger partial charge in [0.25, 0.3) is 0 Å². The van der Waals surface area contributed by atoms with E-state index in [-0.39, 0.29) is 12.6 Å². The van der Waals surface area contributed by atoms with E-state index < -0.39 is 5.97 Å². The van der Waals surface area contributed by atoms with Crippen LogP contribution < -0.4 is 4.90 Å². The molecule has 1 heterocycles. The zero-order valence-electron chi connectivity index (χ0n) is 13.2. The minimum Gasteiger partial charge on any atom is -0.449 e. The number of carbonyl (C=O) groups is 1. The van der Waals surface area contributed by atoms with Gasteiger partial charge in [-0.1, -0.05) is 60.9 Å². The summed E-state index contributed by atoms with van der Waals surface area (Å²) >= 11 is 0. The molecule has 24 heavy (non-hydrogen) atoms. The third-order valence-electron chi connectivity index (χ3n) is 3.67. The maximum Gasteiger partial charge on any atom is 0.331 e. The zero-order chi connectivity index (χ0) is 16.8. The van der Waals surface area contributed by atoms with Crippen molar-refractivity contribution in [3.8, 4) is 11.8 Å². The summed E-state index contributed by atoms with van der Waals surface area (Å²) < 4.78 is 4.92. The van der Waals surface area contributed by atoms with Crippen molar-refractivity contribution in [1.82, 2.24) is 0 Å². The Bertz CT molecular complexity index is 828. The SMILES string of the molecule is C=CC(=O)OCC#CC1C=Cc2ccccc2N1c1ccccc1. The van der Waals surface area contributed by atoms with Gasteiger partial charge in [0.15, 0.2) is 6.61 Å². The van der Waals surface area contributed by atoms with Crippen LogP contribution >= 0.6 is 0 Å². The molecule has 118 valence electrons. The van der Waals surface area contributed by atoms with Crippen molar-refractivity contribution >= 4 is 23.4 Å². The third-order valence-corrected chi connectivity index (χ3v) is 3.67. The molecule has 0 radical (unpaired) electrons. The van der Waals surface area contributed by atoms with Gasteiger partial charge >= 0.3 is 5.97 Å². The largest absolute Gasteiger partial charge is 0.449 e. The smallest absolute Gasteiger partial charge is 0.331 e. The molecular formula is C21H17NO2. The lowest BCUT2D eigenvalue weighted by atomic mass is 10.0. The number of para-hydroxylation sites is 2. The van der Waals surface area contributed by atoms with E-state index in [1.165, 1.54) is 0 Å². The van der Waals surface area contributed by atoms with E-state index in [0.717, 1.165) is 23.0 Å². The van der Waals surface area contributed by atoms with Gasteiger partial charge in [-0.25, -0.2) is 4.79 Å². The number of hydrogen-bond acceptors (Lipinski definition) is 3. The Kier molecular flexibility index (Phi) is 4.78. The maximum absolute atomic E-state index is 11.1. The summed E-state index contributed by atoms with van der Waals surface area (Å²) in [7, 11) is 0. The predicted molar refractivity (Wildman–Crippen MR) is 96.8 cm³/mol. The first-order chi connectivity index (χ1) is 11.8. The second-order valence-corrected chi connectivity index (χ2v) is 5.20. The Labute approximate surface area is 141 Å². The maximum atomic E-state index is 11.1. The third kappa shape index (κ3) is 3.39. The normalized spacial score (nSPS) is 15.0. The molecular weight excluding hydrogens is 298 g/mol. The van der Waals surface area contributed by atoms with Gasteiger partial charge in [0.1, 0.15) is 6.04 Å². The Morgan fingerprint density at radius 1 is 1.17 bits per heavy atom. The average molecular weight is 315 g/mol. The molecule has 3 nitrogen and oxygen atoms in total. The molecule has 3 heteroatoms. The summed E-state index contributed by atoms with van der Waals surface area (Å²) in [5.41, 5.74) is 3.32. The van der Waals surface area contributed by atoms with Crippen LogP contribution in [0, 0.1) is 11.8 Å². The average Bonchev–Trinajstić information content (AvgIpc) is 2.65. The Hall–Kier alpha value is -3.25. The van der Waals surface area contributed by atoms with Crippen LogP contribution in [0.5, 0.6) is 0 Å². The molecule has 1 aliphatic rings. The Balaban J connectivity index is 1.90. The zero-order valence-corrected chi connectivity index (χ0v) is 13.2. The number of nitrogens with zero attached hydrogens (tertiary/aromatic N) is 1. The van der Waals surface area contributed by atoms with E-state index in [2.05, 4.69) is 59.7 Å². The summed E-state index contributed by atoms with van der Waals surface area (Å²) in [5, 5.41) is 0. The molecule has 2 aromatic rings. The van der Waals surface area contributed by atoms with Crippen LogP contribution in [0.1, 0.15) is 5.56 Å². The lowest BCUT2D eigenvalue weighted by molar-refractivity contribution is -0.136. The van der Waals surface area contributed by atoms with Crippen LogP contribution in [0.15, 0.2) is 73.3 Å². The lowest BCUT2D eigenvalue weighted by Crippen LogP contribution is -2.30. The van der Waals surface area contributed by atoms with E-state index in [4.69, 9.17) is 4.74 Å². The highest BCUT2D eigenvalue weighted by atomic mass is 16.5. The molecule has 0 saturated heterocycles. The molecule has 3 rings (SSSR count). The number of fused-ring (bicyclic) bond motifs is 1. The number of ether oxygens (including phenoxy) is 1. The number of hydrogen-bond donors (Lipinski definition) is 0. The molecule has 0 saturated carbocycles. The number of anilines is 2. The van der Waals surface area contributed by atoms with E-state index in [9.17, 15) is 4.79 Å². The van der Waals surface area contributed by atoms with Gasteiger partial charge in [-0.3, -0.25) is 0 Å². The van der Waals surface area contributed by atoms with Gasteiger partial charge in [0.05, 0.1) is 0 Å². The highest BCUT2D eigenvalue weighted by Crippen LogP contribution is 2.34. The summed E-state index contributed by atoms with van der Waals surface area (Å²) in [6.07, 6.45) is 5.26. The highest BCUT2D eigenvalue weighted by molar-refractivity contribution is 5.81. The van der Waals surface area contributed by atoms with Crippen LogP contribution in [0.25, 0.3) is 6.08 Å². The summed E-state index contributed by atoms with van der Waals surface area (Å²) in [4.78, 5) is 13.3. The van der Waals surface area contributed by atoms with Gasteiger partial charge < -0.3 is 9.64 Å². The number of rotatable bonds is 3. The van der Waals surface area contributed by atoms with E-state index in [1.54, 1.807) is 0 Å². The van der Waals surface area contributed by atoms with E-state index in [0.29, 0.717) is 0 Å². The van der Waals surface area contributed by atoms with Gasteiger partial charge in [0.2, 0.25) is 0 Å². The standard InChI is InChI=1S/C21H17NO2/c1-2-21(23)24-16-8-12-19-15-14-17-9-6-7-13-20(17)22(19)18-10-4-3-5-11-18/h2-7,9-11,13-15,19H,1,16H2. The van der Waals surface area contributed by atoms with Crippen molar-refractivity contribution in [3.05, 3.63) is 78.9 Å². The minimum absolute atomic E-state index is 0.0550. The second-order valence-electron chi connectivity index (χ2n) is 5.20. The fourth-order valence-electron chi connectivity index (χ4n) is 2.59. The van der Waals surface area contributed by atoms with E-state index in [1.807, 2.05) is 30.3 Å². The van der Waals surface area contributed by atoms with Crippen molar-refractivity contribution in [2.45, 2.75) is 6.04 Å². The predicted octanol–water partition coefficient (Wildman–Crippen LogP) is 3.95. The van der Waals surface area contributed by atoms with Crippen LogP contribution in [0.3, 0.4) is 0 Å². The van der Waals surface area contributed by atoms with Crippen molar-refractivity contribution in [2.24, 2.45) is 0 Å². The number of benzene rings is 2. The number of esters is 1. The molecule has 0 aromatic heterocycles. The summed E-state index contributed by atoms with van der Waals surface area (Å²) in [6, 6.07) is 18.2. The molecule has 0 aliphatic carbocycles. The first-order valence-corrected chi connectivity index (χ1v) is 7.68.